The molecular weight excluding hydrogens is 340 g/mol. The van der Waals surface area contributed by atoms with Gasteiger partial charge in [0.25, 0.3) is 0 Å². The van der Waals surface area contributed by atoms with Crippen LogP contribution in [-0.2, 0) is 14.3 Å². The van der Waals surface area contributed by atoms with E-state index in [2.05, 4.69) is 51.2 Å². The highest BCUT2D eigenvalue weighted by molar-refractivity contribution is 6.01. The molecule has 0 bridgehead atoms. The number of carbonyl (C=O) groups is 2. The summed E-state index contributed by atoms with van der Waals surface area (Å²) < 4.78 is 5.57. The van der Waals surface area contributed by atoms with E-state index in [0.717, 1.165) is 25.1 Å². The first kappa shape index (κ1) is 19.9. The van der Waals surface area contributed by atoms with Crippen LogP contribution in [0.4, 0.5) is 5.69 Å². The van der Waals surface area contributed by atoms with Crippen LogP contribution in [0.25, 0.3) is 0 Å². The van der Waals surface area contributed by atoms with Crippen molar-refractivity contribution >= 4 is 17.5 Å². The summed E-state index contributed by atoms with van der Waals surface area (Å²) in [7, 11) is 0. The number of para-hydroxylation sites is 1. The zero-order chi connectivity index (χ0) is 19.6. The first-order valence-electron chi connectivity index (χ1n) is 10.2. The number of rotatable bonds is 6. The highest BCUT2D eigenvalue weighted by Gasteiger charge is 2.37. The Kier molecular flexibility index (Phi) is 6.20. The molecule has 27 heavy (non-hydrogen) atoms. The van der Waals surface area contributed by atoms with E-state index >= 15 is 0 Å². The first-order chi connectivity index (χ1) is 12.9. The summed E-state index contributed by atoms with van der Waals surface area (Å²) in [6, 6.07) is 6.27. The SMILES string of the molecule is CC(C)c1cccc(C(C)C)c1N1CC(C(=O)NCC2CCCO2)CC1=O. The molecule has 148 valence electrons. The molecule has 2 amide bonds. The Bertz CT molecular complexity index is 667. The van der Waals surface area contributed by atoms with Crippen molar-refractivity contribution in [2.45, 2.75) is 64.9 Å². The van der Waals surface area contributed by atoms with Crippen LogP contribution in [0, 0.1) is 5.92 Å². The highest BCUT2D eigenvalue weighted by Crippen LogP contribution is 2.38. The van der Waals surface area contributed by atoms with Crippen molar-refractivity contribution in [3.63, 3.8) is 0 Å². The lowest BCUT2D eigenvalue weighted by molar-refractivity contribution is -0.126. The van der Waals surface area contributed by atoms with Crippen molar-refractivity contribution in [1.29, 1.82) is 0 Å². The number of benzene rings is 1. The van der Waals surface area contributed by atoms with Crippen LogP contribution >= 0.6 is 0 Å². The minimum Gasteiger partial charge on any atom is -0.376 e. The fourth-order valence-electron chi connectivity index (χ4n) is 4.09. The molecule has 0 aliphatic carbocycles. The molecule has 0 spiro atoms. The van der Waals surface area contributed by atoms with Gasteiger partial charge in [-0.25, -0.2) is 0 Å². The van der Waals surface area contributed by atoms with Gasteiger partial charge in [0.05, 0.1) is 17.7 Å². The minimum atomic E-state index is -0.292. The maximum Gasteiger partial charge on any atom is 0.227 e. The second kappa shape index (κ2) is 8.42. The average Bonchev–Trinajstić information content (AvgIpc) is 3.28. The Morgan fingerprint density at radius 2 is 1.89 bits per heavy atom. The summed E-state index contributed by atoms with van der Waals surface area (Å²) in [4.78, 5) is 27.3. The van der Waals surface area contributed by atoms with Crippen molar-refractivity contribution in [1.82, 2.24) is 5.32 Å². The van der Waals surface area contributed by atoms with Gasteiger partial charge in [-0.1, -0.05) is 45.9 Å². The molecule has 1 aromatic carbocycles. The van der Waals surface area contributed by atoms with Crippen LogP contribution in [0.1, 0.15) is 69.9 Å². The number of nitrogens with one attached hydrogen (secondary N) is 1. The molecule has 2 atom stereocenters. The maximum absolute atomic E-state index is 12.8. The third-order valence-corrected chi connectivity index (χ3v) is 5.64. The fourth-order valence-corrected chi connectivity index (χ4v) is 4.09. The lowest BCUT2D eigenvalue weighted by Crippen LogP contribution is -2.37. The Morgan fingerprint density at radius 3 is 2.44 bits per heavy atom. The van der Waals surface area contributed by atoms with Crippen LogP contribution in [0.2, 0.25) is 0 Å². The molecule has 0 aromatic heterocycles. The molecular formula is C22H32N2O3. The maximum atomic E-state index is 12.8. The molecule has 2 saturated heterocycles. The third kappa shape index (κ3) is 4.34. The van der Waals surface area contributed by atoms with Crippen LogP contribution in [-0.4, -0.2) is 37.6 Å². The summed E-state index contributed by atoms with van der Waals surface area (Å²) in [6.07, 6.45) is 2.45. The monoisotopic (exact) mass is 372 g/mol. The summed E-state index contributed by atoms with van der Waals surface area (Å²) in [5.74, 6) is 0.355. The largest absolute Gasteiger partial charge is 0.376 e. The molecule has 2 unspecified atom stereocenters. The van der Waals surface area contributed by atoms with E-state index in [4.69, 9.17) is 4.74 Å². The number of nitrogens with zero attached hydrogens (tertiary/aromatic N) is 1. The van der Waals surface area contributed by atoms with Crippen LogP contribution in [0.3, 0.4) is 0 Å². The van der Waals surface area contributed by atoms with E-state index < -0.39 is 0 Å². The molecule has 2 aliphatic rings. The number of carbonyl (C=O) groups excluding carboxylic acids is 2. The molecule has 2 aliphatic heterocycles. The lowest BCUT2D eigenvalue weighted by Gasteiger charge is -2.27. The molecule has 5 nitrogen and oxygen atoms in total. The third-order valence-electron chi connectivity index (χ3n) is 5.64. The van der Waals surface area contributed by atoms with Crippen molar-refractivity contribution in [2.24, 2.45) is 5.92 Å². The van der Waals surface area contributed by atoms with E-state index in [1.165, 1.54) is 11.1 Å². The molecule has 5 heteroatoms. The van der Waals surface area contributed by atoms with Crippen molar-refractivity contribution < 1.29 is 14.3 Å². The number of ether oxygens (including phenoxy) is 1. The Balaban J connectivity index is 1.76. The van der Waals surface area contributed by atoms with Crippen molar-refractivity contribution in [2.75, 3.05) is 24.6 Å². The normalized spacial score (nSPS) is 22.9. The molecule has 1 N–H and O–H groups in total. The van der Waals surface area contributed by atoms with Gasteiger partial charge >= 0.3 is 0 Å². The average molecular weight is 373 g/mol. The second-order valence-corrected chi connectivity index (χ2v) is 8.38. The van der Waals surface area contributed by atoms with Gasteiger partial charge in [0.1, 0.15) is 0 Å². The molecule has 2 fully saturated rings. The van der Waals surface area contributed by atoms with Gasteiger partial charge < -0.3 is 15.0 Å². The number of amides is 2. The van der Waals surface area contributed by atoms with E-state index in [-0.39, 0.29) is 30.3 Å². The predicted molar refractivity (Wildman–Crippen MR) is 107 cm³/mol. The van der Waals surface area contributed by atoms with E-state index in [9.17, 15) is 9.59 Å². The predicted octanol–water partition coefficient (Wildman–Crippen LogP) is 3.58. The zero-order valence-electron chi connectivity index (χ0n) is 17.0. The molecule has 3 rings (SSSR count). The van der Waals surface area contributed by atoms with Crippen LogP contribution < -0.4 is 10.2 Å². The highest BCUT2D eigenvalue weighted by atomic mass is 16.5. The van der Waals surface area contributed by atoms with Gasteiger partial charge in [-0.05, 0) is 35.8 Å². The van der Waals surface area contributed by atoms with Crippen LogP contribution in [0.5, 0.6) is 0 Å². The fraction of sp³-hybridized carbons (Fsp3) is 0.636. The standard InChI is InChI=1S/C22H32N2O3/c1-14(2)18-8-5-9-19(15(3)4)21(18)24-13-16(11-20(24)25)22(26)23-12-17-7-6-10-27-17/h5,8-9,14-17H,6-7,10-13H2,1-4H3,(H,23,26). The van der Waals surface area contributed by atoms with E-state index in [1.807, 2.05) is 4.90 Å². The van der Waals surface area contributed by atoms with Crippen LogP contribution in [0.15, 0.2) is 18.2 Å². The first-order valence-corrected chi connectivity index (χ1v) is 10.2. The minimum absolute atomic E-state index is 0.0329. The summed E-state index contributed by atoms with van der Waals surface area (Å²) >= 11 is 0. The quantitative estimate of drug-likeness (QED) is 0.830. The van der Waals surface area contributed by atoms with Gasteiger partial charge in [0, 0.05) is 26.1 Å². The van der Waals surface area contributed by atoms with E-state index in [1.54, 1.807) is 0 Å². The van der Waals surface area contributed by atoms with Gasteiger partial charge in [0.15, 0.2) is 0 Å². The van der Waals surface area contributed by atoms with Gasteiger partial charge in [0.2, 0.25) is 11.8 Å². The number of hydrogen-bond donors (Lipinski definition) is 1. The summed E-state index contributed by atoms with van der Waals surface area (Å²) in [6.45, 7) is 10.4. The molecule has 0 saturated carbocycles. The Hall–Kier alpha value is -1.88. The smallest absolute Gasteiger partial charge is 0.227 e. The number of hydrogen-bond acceptors (Lipinski definition) is 3. The van der Waals surface area contributed by atoms with Gasteiger partial charge in [-0.2, -0.15) is 0 Å². The van der Waals surface area contributed by atoms with E-state index in [0.29, 0.717) is 24.9 Å². The lowest BCUT2D eigenvalue weighted by atomic mass is 9.92. The topological polar surface area (TPSA) is 58.6 Å². The van der Waals surface area contributed by atoms with Gasteiger partial charge in [-0.3, -0.25) is 9.59 Å². The second-order valence-electron chi connectivity index (χ2n) is 8.38. The molecule has 0 radical (unpaired) electrons. The number of anilines is 1. The molecule has 2 heterocycles. The van der Waals surface area contributed by atoms with Gasteiger partial charge in [-0.15, -0.1) is 0 Å². The Labute approximate surface area is 162 Å². The summed E-state index contributed by atoms with van der Waals surface area (Å²) in [5.41, 5.74) is 3.37. The van der Waals surface area contributed by atoms with Crippen molar-refractivity contribution in [3.8, 4) is 0 Å². The summed E-state index contributed by atoms with van der Waals surface area (Å²) in [5, 5.41) is 2.99. The van der Waals surface area contributed by atoms with Crippen molar-refractivity contribution in [3.05, 3.63) is 29.3 Å². The zero-order valence-corrected chi connectivity index (χ0v) is 17.0. The Morgan fingerprint density at radius 1 is 1.22 bits per heavy atom. The molecule has 1 aromatic rings.